The molecular weight excluding hydrogens is 422 g/mol. The molecule has 1 heterocycles. The first-order valence-corrected chi connectivity index (χ1v) is 10.6. The number of fused-ring (bicyclic) bond motifs is 1. The minimum absolute atomic E-state index is 0.0175. The van der Waals surface area contributed by atoms with Crippen LogP contribution in [0.3, 0.4) is 0 Å². The van der Waals surface area contributed by atoms with Crippen molar-refractivity contribution in [1.82, 2.24) is 14.9 Å². The molecule has 0 aliphatic heterocycles. The van der Waals surface area contributed by atoms with Crippen LogP contribution in [0, 0.1) is 0 Å². The van der Waals surface area contributed by atoms with Crippen molar-refractivity contribution >= 4 is 29.5 Å². The topological polar surface area (TPSA) is 117 Å². The number of benzene rings is 2. The van der Waals surface area contributed by atoms with Gasteiger partial charge in [-0.3, -0.25) is 10.1 Å². The molecule has 170 valence electrons. The summed E-state index contributed by atoms with van der Waals surface area (Å²) in [6.45, 7) is 0. The monoisotopic (exact) mass is 447 g/mol. The van der Waals surface area contributed by atoms with E-state index >= 15 is 0 Å². The molecule has 0 spiro atoms. The number of para-hydroxylation sites is 2. The van der Waals surface area contributed by atoms with Gasteiger partial charge in [-0.2, -0.15) is 4.98 Å². The minimum atomic E-state index is -1.32. The van der Waals surface area contributed by atoms with Gasteiger partial charge in [0, 0.05) is 19.2 Å². The summed E-state index contributed by atoms with van der Waals surface area (Å²) in [7, 11) is 3.30. The van der Waals surface area contributed by atoms with E-state index in [0.717, 1.165) is 19.3 Å². The van der Waals surface area contributed by atoms with E-state index < -0.39 is 6.09 Å². The number of aromatic nitrogens is 2. The Balaban J connectivity index is 1.61. The lowest BCUT2D eigenvalue weighted by atomic mass is 9.87. The predicted octanol–water partition coefficient (Wildman–Crippen LogP) is 3.95. The third-order valence-corrected chi connectivity index (χ3v) is 5.72. The average molecular weight is 447 g/mol. The molecule has 1 unspecified atom stereocenters. The molecule has 33 heavy (non-hydrogen) atoms. The summed E-state index contributed by atoms with van der Waals surface area (Å²) >= 11 is 0. The molecule has 2 amide bonds. The third-order valence-electron chi connectivity index (χ3n) is 5.72. The van der Waals surface area contributed by atoms with E-state index in [1.165, 1.54) is 17.2 Å². The van der Waals surface area contributed by atoms with E-state index in [4.69, 9.17) is 9.84 Å². The number of aryl methyl sites for hydroxylation is 1. The van der Waals surface area contributed by atoms with Gasteiger partial charge in [-0.15, -0.1) is 0 Å². The van der Waals surface area contributed by atoms with Gasteiger partial charge in [0.2, 0.25) is 5.95 Å². The molecule has 0 saturated heterocycles. The van der Waals surface area contributed by atoms with Crippen LogP contribution >= 0.6 is 0 Å². The Bertz CT molecular complexity index is 1180. The number of carbonyl (C=O) groups excluding carboxylic acids is 1. The molecule has 3 aromatic rings. The molecule has 9 heteroatoms. The van der Waals surface area contributed by atoms with Gasteiger partial charge in [0.1, 0.15) is 17.3 Å². The lowest BCUT2D eigenvalue weighted by molar-refractivity contribution is 0.0713. The summed E-state index contributed by atoms with van der Waals surface area (Å²) < 4.78 is 5.35. The number of hydrogen-bond donors (Lipinski definition) is 3. The number of hydrogen-bond acceptors (Lipinski definition) is 6. The number of methoxy groups -OCH3 is 1. The molecule has 0 bridgehead atoms. The normalized spacial score (nSPS) is 14.7. The summed E-state index contributed by atoms with van der Waals surface area (Å²) in [4.78, 5) is 34.5. The van der Waals surface area contributed by atoms with Crippen molar-refractivity contribution < 1.29 is 19.4 Å². The highest BCUT2D eigenvalue weighted by Gasteiger charge is 2.27. The highest BCUT2D eigenvalue weighted by molar-refractivity contribution is 5.94. The molecule has 0 fully saturated rings. The molecule has 1 aliphatic carbocycles. The van der Waals surface area contributed by atoms with Crippen LogP contribution in [0.15, 0.2) is 54.6 Å². The number of amides is 2. The third kappa shape index (κ3) is 5.03. The molecule has 3 N–H and O–H groups in total. The number of carboxylic acid groups (broad SMARTS) is 1. The van der Waals surface area contributed by atoms with Crippen molar-refractivity contribution in [2.24, 2.45) is 0 Å². The molecule has 1 aromatic heterocycles. The molecule has 1 aliphatic rings. The van der Waals surface area contributed by atoms with Gasteiger partial charge in [-0.1, -0.05) is 36.4 Å². The molecular formula is C24H25N5O4. The van der Waals surface area contributed by atoms with Gasteiger partial charge in [-0.25, -0.2) is 9.78 Å². The lowest BCUT2D eigenvalue weighted by Crippen LogP contribution is -2.41. The predicted molar refractivity (Wildman–Crippen MR) is 124 cm³/mol. The SMILES string of the molecule is COc1ccccc1Nc1cc(C(=O)N(C)C2CCc3ccccc3C2)nc(NC(=O)O)n1. The zero-order valence-corrected chi connectivity index (χ0v) is 18.4. The second kappa shape index (κ2) is 9.56. The highest BCUT2D eigenvalue weighted by Crippen LogP contribution is 2.28. The zero-order valence-electron chi connectivity index (χ0n) is 18.4. The molecule has 9 nitrogen and oxygen atoms in total. The van der Waals surface area contributed by atoms with Crippen molar-refractivity contribution in [2.45, 2.75) is 25.3 Å². The largest absolute Gasteiger partial charge is 0.495 e. The van der Waals surface area contributed by atoms with Gasteiger partial charge in [0.25, 0.3) is 5.91 Å². The summed E-state index contributed by atoms with van der Waals surface area (Å²) in [5.41, 5.74) is 3.26. The van der Waals surface area contributed by atoms with Crippen molar-refractivity contribution in [3.63, 3.8) is 0 Å². The maximum atomic E-state index is 13.3. The van der Waals surface area contributed by atoms with Crippen molar-refractivity contribution in [1.29, 1.82) is 0 Å². The van der Waals surface area contributed by atoms with Gasteiger partial charge in [-0.05, 0) is 42.5 Å². The number of rotatable bonds is 6. The van der Waals surface area contributed by atoms with Crippen LogP contribution in [0.5, 0.6) is 5.75 Å². The average Bonchev–Trinajstić information content (AvgIpc) is 2.82. The summed E-state index contributed by atoms with van der Waals surface area (Å²) in [6, 6.07) is 17.0. The Morgan fingerprint density at radius 3 is 2.58 bits per heavy atom. The Morgan fingerprint density at radius 1 is 1.09 bits per heavy atom. The van der Waals surface area contributed by atoms with E-state index in [0.29, 0.717) is 11.4 Å². The second-order valence-corrected chi connectivity index (χ2v) is 7.80. The van der Waals surface area contributed by atoms with Crippen molar-refractivity contribution in [3.05, 3.63) is 71.4 Å². The molecule has 2 aromatic carbocycles. The first-order chi connectivity index (χ1) is 15.9. The van der Waals surface area contributed by atoms with Crippen LogP contribution in [-0.4, -0.2) is 52.2 Å². The Morgan fingerprint density at radius 2 is 1.82 bits per heavy atom. The van der Waals surface area contributed by atoms with Crippen LogP contribution in [0.4, 0.5) is 22.2 Å². The Hall–Kier alpha value is -4.14. The van der Waals surface area contributed by atoms with Gasteiger partial charge < -0.3 is 20.1 Å². The number of carbonyl (C=O) groups is 2. The molecule has 1 atom stereocenters. The van der Waals surface area contributed by atoms with Crippen LogP contribution in [0.2, 0.25) is 0 Å². The van der Waals surface area contributed by atoms with E-state index in [1.807, 2.05) is 24.3 Å². The number of nitrogens with zero attached hydrogens (tertiary/aromatic N) is 3. The first kappa shape index (κ1) is 22.1. The molecule has 0 radical (unpaired) electrons. The summed E-state index contributed by atoms with van der Waals surface area (Å²) in [5, 5.41) is 14.4. The van der Waals surface area contributed by atoms with Crippen LogP contribution in [0.25, 0.3) is 0 Å². The van der Waals surface area contributed by atoms with Crippen LogP contribution in [0.1, 0.15) is 28.0 Å². The quantitative estimate of drug-likeness (QED) is 0.524. The smallest absolute Gasteiger partial charge is 0.411 e. The summed E-state index contributed by atoms with van der Waals surface area (Å²) in [5.74, 6) is 0.352. The van der Waals surface area contributed by atoms with Gasteiger partial charge >= 0.3 is 6.09 Å². The van der Waals surface area contributed by atoms with Crippen LogP contribution < -0.4 is 15.4 Å². The fourth-order valence-corrected chi connectivity index (χ4v) is 4.01. The maximum Gasteiger partial charge on any atom is 0.411 e. The van der Waals surface area contributed by atoms with Gasteiger partial charge in [0.15, 0.2) is 0 Å². The molecule has 0 saturated carbocycles. The molecule has 4 rings (SSSR count). The maximum absolute atomic E-state index is 13.3. The lowest BCUT2D eigenvalue weighted by Gasteiger charge is -2.32. The standard InChI is InChI=1S/C24H25N5O4/c1-29(17-12-11-15-7-3-4-8-16(15)13-17)22(30)19-14-21(27-23(26-19)28-24(31)32)25-18-9-5-6-10-20(18)33-2/h3-10,14,17H,11-13H2,1-2H3,(H,31,32)(H2,25,26,27,28). The van der Waals surface area contributed by atoms with E-state index in [9.17, 15) is 9.59 Å². The highest BCUT2D eigenvalue weighted by atomic mass is 16.5. The van der Waals surface area contributed by atoms with Gasteiger partial charge in [0.05, 0.1) is 12.8 Å². The van der Waals surface area contributed by atoms with E-state index in [2.05, 4.69) is 32.7 Å². The fourth-order valence-electron chi connectivity index (χ4n) is 4.01. The Kier molecular flexibility index (Phi) is 6.39. The minimum Gasteiger partial charge on any atom is -0.495 e. The Labute approximate surface area is 191 Å². The zero-order chi connectivity index (χ0) is 23.4. The summed E-state index contributed by atoms with van der Waals surface area (Å²) in [6.07, 6.45) is 1.18. The number of ether oxygens (including phenoxy) is 1. The van der Waals surface area contributed by atoms with Crippen molar-refractivity contribution in [2.75, 3.05) is 24.8 Å². The van der Waals surface area contributed by atoms with E-state index in [-0.39, 0.29) is 29.4 Å². The number of anilines is 3. The number of nitrogens with one attached hydrogen (secondary N) is 2. The second-order valence-electron chi connectivity index (χ2n) is 7.80. The fraction of sp³-hybridized carbons (Fsp3) is 0.250. The van der Waals surface area contributed by atoms with E-state index in [1.54, 1.807) is 31.2 Å². The first-order valence-electron chi connectivity index (χ1n) is 10.6. The van der Waals surface area contributed by atoms with Crippen LogP contribution in [-0.2, 0) is 12.8 Å². The van der Waals surface area contributed by atoms with Crippen molar-refractivity contribution in [3.8, 4) is 5.75 Å². The number of likely N-dealkylation sites (N-methyl/N-ethyl adjacent to an activating group) is 1.